The number of thiophene rings is 1. The molecule has 0 unspecified atom stereocenters. The fraction of sp³-hybridized carbons (Fsp3) is 0.333. The second-order valence-electron chi connectivity index (χ2n) is 2.88. The van der Waals surface area contributed by atoms with Crippen molar-refractivity contribution in [3.05, 3.63) is 32.2 Å². The maximum absolute atomic E-state index is 5.27. The molecule has 2 rings (SSSR count). The first-order chi connectivity index (χ1) is 6.84. The number of halogens is 1. The quantitative estimate of drug-likeness (QED) is 0.813. The van der Waals surface area contributed by atoms with Crippen molar-refractivity contribution in [2.24, 2.45) is 0 Å². The van der Waals surface area contributed by atoms with Gasteiger partial charge in [0.25, 0.3) is 3.90 Å². The number of aryl methyl sites for hydroxylation is 2. The normalized spacial score (nSPS) is 10.6. The number of hydrogen-bond donors (Lipinski definition) is 0. The predicted molar refractivity (Wildman–Crippen MR) is 63.4 cm³/mol. The van der Waals surface area contributed by atoms with Gasteiger partial charge in [-0.1, -0.05) is 6.07 Å². The van der Waals surface area contributed by atoms with Gasteiger partial charge in [-0.3, -0.25) is 0 Å². The van der Waals surface area contributed by atoms with Crippen molar-refractivity contribution in [2.75, 3.05) is 0 Å². The molecule has 0 fully saturated rings. The highest BCUT2D eigenvalue weighted by Gasteiger charge is 2.02. The standard InChI is InChI=1S/C9H9IN2OS/c10-9-12-11-8(13-9)5-1-3-7-4-2-6-14-7/h2,4,6H,1,3,5H2. The molecule has 0 atom stereocenters. The average Bonchev–Trinajstić information content (AvgIpc) is 2.77. The fourth-order valence-corrected chi connectivity index (χ4v) is 2.32. The van der Waals surface area contributed by atoms with Gasteiger partial charge in [0.1, 0.15) is 0 Å². The van der Waals surface area contributed by atoms with Gasteiger partial charge in [0.15, 0.2) is 0 Å². The van der Waals surface area contributed by atoms with Crippen LogP contribution in [0.3, 0.4) is 0 Å². The maximum Gasteiger partial charge on any atom is 0.278 e. The van der Waals surface area contributed by atoms with Crippen molar-refractivity contribution in [3.63, 3.8) is 0 Å². The van der Waals surface area contributed by atoms with Gasteiger partial charge in [-0.25, -0.2) is 0 Å². The molecule has 2 aromatic rings. The third-order valence-electron chi connectivity index (χ3n) is 1.84. The minimum atomic E-state index is 0.619. The van der Waals surface area contributed by atoms with Gasteiger partial charge in [-0.05, 0) is 24.3 Å². The van der Waals surface area contributed by atoms with E-state index in [-0.39, 0.29) is 0 Å². The Bertz CT molecular complexity index is 385. The topological polar surface area (TPSA) is 38.9 Å². The Balaban J connectivity index is 1.78. The Hall–Kier alpha value is -0.430. The van der Waals surface area contributed by atoms with E-state index in [9.17, 15) is 0 Å². The lowest BCUT2D eigenvalue weighted by molar-refractivity contribution is 0.463. The third-order valence-corrected chi connectivity index (χ3v) is 3.21. The highest BCUT2D eigenvalue weighted by molar-refractivity contribution is 14.1. The van der Waals surface area contributed by atoms with Gasteiger partial charge in [-0.15, -0.1) is 21.5 Å². The highest BCUT2D eigenvalue weighted by Crippen LogP contribution is 2.13. The number of rotatable bonds is 4. The molecule has 0 saturated heterocycles. The first kappa shape index (κ1) is 10.1. The predicted octanol–water partition coefficient (Wildman–Crippen LogP) is 2.91. The molecule has 5 heteroatoms. The molecule has 2 heterocycles. The molecular formula is C9H9IN2OS. The largest absolute Gasteiger partial charge is 0.416 e. The summed E-state index contributed by atoms with van der Waals surface area (Å²) >= 11 is 3.82. The molecular weight excluding hydrogens is 311 g/mol. The third kappa shape index (κ3) is 2.78. The minimum Gasteiger partial charge on any atom is -0.416 e. The highest BCUT2D eigenvalue weighted by atomic mass is 127. The molecule has 3 nitrogen and oxygen atoms in total. The zero-order chi connectivity index (χ0) is 9.80. The molecule has 0 aliphatic heterocycles. The summed E-state index contributed by atoms with van der Waals surface area (Å²) in [5, 5.41) is 9.82. The summed E-state index contributed by atoms with van der Waals surface area (Å²) in [6.45, 7) is 0. The van der Waals surface area contributed by atoms with Gasteiger partial charge in [0.05, 0.1) is 0 Å². The van der Waals surface area contributed by atoms with E-state index < -0.39 is 0 Å². The van der Waals surface area contributed by atoms with Crippen LogP contribution in [0.1, 0.15) is 17.2 Å². The Morgan fingerprint density at radius 1 is 1.36 bits per heavy atom. The van der Waals surface area contributed by atoms with Crippen LogP contribution >= 0.6 is 33.9 Å². The molecule has 0 saturated carbocycles. The van der Waals surface area contributed by atoms with E-state index in [0.29, 0.717) is 3.90 Å². The van der Waals surface area contributed by atoms with Gasteiger partial charge in [0, 0.05) is 33.9 Å². The molecule has 0 amide bonds. The average molecular weight is 320 g/mol. The van der Waals surface area contributed by atoms with Crippen LogP contribution < -0.4 is 0 Å². The lowest BCUT2D eigenvalue weighted by Gasteiger charge is -1.93. The van der Waals surface area contributed by atoms with Gasteiger partial charge in [0.2, 0.25) is 5.89 Å². The molecule has 0 aliphatic carbocycles. The van der Waals surface area contributed by atoms with Crippen LogP contribution in [0.15, 0.2) is 21.9 Å². The van der Waals surface area contributed by atoms with E-state index >= 15 is 0 Å². The van der Waals surface area contributed by atoms with E-state index in [1.165, 1.54) is 4.88 Å². The number of aromatic nitrogens is 2. The molecule has 0 spiro atoms. The van der Waals surface area contributed by atoms with E-state index in [1.807, 2.05) is 22.6 Å². The van der Waals surface area contributed by atoms with E-state index in [4.69, 9.17) is 4.42 Å². The Labute approximate surface area is 99.7 Å². The van der Waals surface area contributed by atoms with Crippen molar-refractivity contribution >= 4 is 33.9 Å². The molecule has 0 aromatic carbocycles. The van der Waals surface area contributed by atoms with Crippen LogP contribution in [0, 0.1) is 3.90 Å². The van der Waals surface area contributed by atoms with E-state index in [1.54, 1.807) is 11.3 Å². The summed E-state index contributed by atoms with van der Waals surface area (Å²) in [6.07, 6.45) is 3.03. The second kappa shape index (κ2) is 4.88. The molecule has 0 bridgehead atoms. The van der Waals surface area contributed by atoms with Crippen LogP contribution in [0.2, 0.25) is 0 Å². The summed E-state index contributed by atoms with van der Waals surface area (Å²) in [7, 11) is 0. The fourth-order valence-electron chi connectivity index (χ4n) is 1.20. The zero-order valence-corrected chi connectivity index (χ0v) is 10.4. The van der Waals surface area contributed by atoms with Crippen molar-refractivity contribution in [2.45, 2.75) is 19.3 Å². The Kier molecular flexibility index (Phi) is 3.52. The lowest BCUT2D eigenvalue weighted by atomic mass is 10.2. The first-order valence-corrected chi connectivity index (χ1v) is 6.31. The first-order valence-electron chi connectivity index (χ1n) is 4.35. The van der Waals surface area contributed by atoms with Gasteiger partial charge in [-0.2, -0.15) is 0 Å². The second-order valence-corrected chi connectivity index (χ2v) is 4.84. The molecule has 74 valence electrons. The molecule has 0 radical (unpaired) electrons. The number of hydrogen-bond acceptors (Lipinski definition) is 4. The van der Waals surface area contributed by atoms with Gasteiger partial charge >= 0.3 is 0 Å². The van der Waals surface area contributed by atoms with Crippen LogP contribution in [0.25, 0.3) is 0 Å². The summed E-state index contributed by atoms with van der Waals surface area (Å²) < 4.78 is 5.89. The summed E-state index contributed by atoms with van der Waals surface area (Å²) in [5.74, 6) is 0.742. The summed E-state index contributed by atoms with van der Waals surface area (Å²) in [6, 6.07) is 4.23. The van der Waals surface area contributed by atoms with E-state index in [0.717, 1.165) is 25.2 Å². The molecule has 2 aromatic heterocycles. The molecule has 0 aliphatic rings. The monoisotopic (exact) mass is 320 g/mol. The minimum absolute atomic E-state index is 0.619. The van der Waals surface area contributed by atoms with Crippen LogP contribution in [0.5, 0.6) is 0 Å². The maximum atomic E-state index is 5.27. The molecule has 0 N–H and O–H groups in total. The smallest absolute Gasteiger partial charge is 0.278 e. The van der Waals surface area contributed by atoms with Gasteiger partial charge < -0.3 is 4.42 Å². The van der Waals surface area contributed by atoms with Crippen molar-refractivity contribution < 1.29 is 4.42 Å². The molecule has 14 heavy (non-hydrogen) atoms. The van der Waals surface area contributed by atoms with Crippen LogP contribution in [-0.2, 0) is 12.8 Å². The SMILES string of the molecule is Ic1nnc(CCCc2cccs2)o1. The van der Waals surface area contributed by atoms with Crippen molar-refractivity contribution in [1.82, 2.24) is 10.2 Å². The summed E-state index contributed by atoms with van der Waals surface area (Å²) in [5.41, 5.74) is 0. The van der Waals surface area contributed by atoms with Crippen LogP contribution in [0.4, 0.5) is 0 Å². The van der Waals surface area contributed by atoms with Crippen molar-refractivity contribution in [3.8, 4) is 0 Å². The van der Waals surface area contributed by atoms with Crippen molar-refractivity contribution in [1.29, 1.82) is 0 Å². The van der Waals surface area contributed by atoms with Crippen LogP contribution in [-0.4, -0.2) is 10.2 Å². The summed E-state index contributed by atoms with van der Waals surface area (Å²) in [4.78, 5) is 1.42. The number of nitrogens with zero attached hydrogens (tertiary/aromatic N) is 2. The zero-order valence-electron chi connectivity index (χ0n) is 7.44. The Morgan fingerprint density at radius 3 is 2.93 bits per heavy atom. The Morgan fingerprint density at radius 2 is 2.29 bits per heavy atom. The van der Waals surface area contributed by atoms with E-state index in [2.05, 4.69) is 27.7 Å². The lowest BCUT2D eigenvalue weighted by Crippen LogP contribution is -1.88.